The van der Waals surface area contributed by atoms with Crippen LogP contribution in [-0.2, 0) is 4.74 Å². The van der Waals surface area contributed by atoms with Crippen molar-refractivity contribution in [2.24, 2.45) is 0 Å². The molecular weight excluding hydrogens is 506 g/mol. The van der Waals surface area contributed by atoms with Crippen LogP contribution in [0.15, 0.2) is 36.4 Å². The van der Waals surface area contributed by atoms with E-state index in [1.807, 2.05) is 13.8 Å². The Balaban J connectivity index is 1.88. The Bertz CT molecular complexity index is 1170. The van der Waals surface area contributed by atoms with Gasteiger partial charge in [-0.05, 0) is 38.1 Å². The molecule has 0 bridgehead atoms. The zero-order valence-corrected chi connectivity index (χ0v) is 23.4. The molecule has 2 aromatic rings. The Morgan fingerprint density at radius 3 is 1.82 bits per heavy atom. The number of carbonyl (C=O) groups excluding carboxylic acids is 3. The molecule has 1 fully saturated rings. The highest BCUT2D eigenvalue weighted by molar-refractivity contribution is 5.99. The van der Waals surface area contributed by atoms with Gasteiger partial charge in [0.1, 0.15) is 29.6 Å². The Kier molecular flexibility index (Phi) is 10.2. The summed E-state index contributed by atoms with van der Waals surface area (Å²) < 4.78 is 27.0. The third-order valence-corrected chi connectivity index (χ3v) is 6.73. The highest BCUT2D eigenvalue weighted by Gasteiger charge is 2.36. The second-order valence-electron chi connectivity index (χ2n) is 8.79. The van der Waals surface area contributed by atoms with Gasteiger partial charge >= 0.3 is 6.09 Å². The normalized spacial score (nSPS) is 14.9. The Hall–Kier alpha value is -4.15. The summed E-state index contributed by atoms with van der Waals surface area (Å²) >= 11 is 0. The lowest BCUT2D eigenvalue weighted by Gasteiger charge is -2.41. The first-order valence-electron chi connectivity index (χ1n) is 12.8. The SMILES string of the molecule is CCN(CC)C(=O)OCC1CN(C(=O)c2ccc(OC)cc2OC)CCN1C(=O)c1ccc(OC)cc1OC. The van der Waals surface area contributed by atoms with E-state index in [9.17, 15) is 14.4 Å². The fourth-order valence-corrected chi connectivity index (χ4v) is 4.47. The number of nitrogens with zero attached hydrogens (tertiary/aromatic N) is 3. The van der Waals surface area contributed by atoms with E-state index in [0.717, 1.165) is 0 Å². The van der Waals surface area contributed by atoms with Gasteiger partial charge in [-0.25, -0.2) is 4.79 Å². The molecule has 0 N–H and O–H groups in total. The Morgan fingerprint density at radius 1 is 0.795 bits per heavy atom. The lowest BCUT2D eigenvalue weighted by molar-refractivity contribution is 0.0181. The minimum atomic E-state index is -0.592. The van der Waals surface area contributed by atoms with Crippen molar-refractivity contribution in [1.29, 1.82) is 0 Å². The van der Waals surface area contributed by atoms with Gasteiger partial charge < -0.3 is 38.4 Å². The van der Waals surface area contributed by atoms with E-state index in [4.69, 9.17) is 23.7 Å². The quantitative estimate of drug-likeness (QED) is 0.450. The number of hydrogen-bond acceptors (Lipinski definition) is 8. The second kappa shape index (κ2) is 13.6. The van der Waals surface area contributed by atoms with Crippen LogP contribution in [-0.4, -0.2) is 106 Å². The van der Waals surface area contributed by atoms with E-state index in [1.165, 1.54) is 28.4 Å². The van der Waals surface area contributed by atoms with E-state index in [0.29, 0.717) is 47.2 Å². The van der Waals surface area contributed by atoms with E-state index in [-0.39, 0.29) is 38.1 Å². The highest BCUT2D eigenvalue weighted by Crippen LogP contribution is 2.29. The molecule has 1 unspecified atom stereocenters. The average molecular weight is 544 g/mol. The third-order valence-electron chi connectivity index (χ3n) is 6.73. The van der Waals surface area contributed by atoms with Crippen molar-refractivity contribution in [2.45, 2.75) is 19.9 Å². The number of carbonyl (C=O) groups is 3. The van der Waals surface area contributed by atoms with Crippen molar-refractivity contribution >= 4 is 17.9 Å². The van der Waals surface area contributed by atoms with Gasteiger partial charge in [0.05, 0.1) is 45.6 Å². The fourth-order valence-electron chi connectivity index (χ4n) is 4.47. The lowest BCUT2D eigenvalue weighted by Crippen LogP contribution is -2.58. The van der Waals surface area contributed by atoms with Crippen molar-refractivity contribution in [3.05, 3.63) is 47.5 Å². The van der Waals surface area contributed by atoms with E-state index >= 15 is 0 Å². The summed E-state index contributed by atoms with van der Waals surface area (Å²) in [6.07, 6.45) is -0.477. The summed E-state index contributed by atoms with van der Waals surface area (Å²) in [5, 5.41) is 0. The molecule has 0 saturated carbocycles. The van der Waals surface area contributed by atoms with Crippen molar-refractivity contribution in [1.82, 2.24) is 14.7 Å². The summed E-state index contributed by atoms with van der Waals surface area (Å²) in [5.74, 6) is 1.30. The molecule has 1 aliphatic rings. The number of rotatable bonds is 10. The molecule has 0 spiro atoms. The van der Waals surface area contributed by atoms with Gasteiger partial charge in [0.15, 0.2) is 0 Å². The molecule has 212 valence electrons. The van der Waals surface area contributed by atoms with Gasteiger partial charge in [-0.15, -0.1) is 0 Å². The van der Waals surface area contributed by atoms with Crippen LogP contribution in [0, 0.1) is 0 Å². The summed E-state index contributed by atoms with van der Waals surface area (Å²) in [6, 6.07) is 9.35. The summed E-state index contributed by atoms with van der Waals surface area (Å²) in [7, 11) is 6.03. The molecule has 0 radical (unpaired) electrons. The van der Waals surface area contributed by atoms with E-state index in [1.54, 1.807) is 51.1 Å². The maximum atomic E-state index is 13.7. The molecule has 39 heavy (non-hydrogen) atoms. The van der Waals surface area contributed by atoms with E-state index < -0.39 is 12.1 Å². The second-order valence-corrected chi connectivity index (χ2v) is 8.79. The smallest absolute Gasteiger partial charge is 0.409 e. The summed E-state index contributed by atoms with van der Waals surface area (Å²) in [5.41, 5.74) is 0.712. The number of ether oxygens (including phenoxy) is 5. The van der Waals surface area contributed by atoms with Gasteiger partial charge in [0, 0.05) is 44.9 Å². The third kappa shape index (κ3) is 6.65. The maximum absolute atomic E-state index is 13.7. The molecule has 1 aliphatic heterocycles. The van der Waals surface area contributed by atoms with Crippen LogP contribution >= 0.6 is 0 Å². The van der Waals surface area contributed by atoms with Crippen molar-refractivity contribution in [3.8, 4) is 23.0 Å². The zero-order chi connectivity index (χ0) is 28.5. The molecule has 3 amide bonds. The number of piperazine rings is 1. The van der Waals surface area contributed by atoms with Crippen LogP contribution in [0.4, 0.5) is 4.79 Å². The number of benzene rings is 2. The van der Waals surface area contributed by atoms with Gasteiger partial charge in [0.2, 0.25) is 0 Å². The first-order valence-corrected chi connectivity index (χ1v) is 12.8. The molecular formula is C28H37N3O8. The van der Waals surface area contributed by atoms with Crippen molar-refractivity contribution in [3.63, 3.8) is 0 Å². The molecule has 3 rings (SSSR count). The number of amides is 3. The predicted molar refractivity (Wildman–Crippen MR) is 144 cm³/mol. The topological polar surface area (TPSA) is 107 Å². The molecule has 0 aromatic heterocycles. The summed E-state index contributed by atoms with van der Waals surface area (Å²) in [6.45, 7) is 5.29. The monoisotopic (exact) mass is 543 g/mol. The van der Waals surface area contributed by atoms with Gasteiger partial charge in [-0.1, -0.05) is 0 Å². The maximum Gasteiger partial charge on any atom is 0.409 e. The molecule has 11 nitrogen and oxygen atoms in total. The minimum absolute atomic E-state index is 0.0803. The molecule has 0 aliphatic carbocycles. The van der Waals surface area contributed by atoms with Gasteiger partial charge in [0.25, 0.3) is 11.8 Å². The highest BCUT2D eigenvalue weighted by atomic mass is 16.6. The molecule has 1 heterocycles. The molecule has 2 aromatic carbocycles. The number of methoxy groups -OCH3 is 4. The van der Waals surface area contributed by atoms with Crippen molar-refractivity contribution in [2.75, 3.05) is 67.8 Å². The fraction of sp³-hybridized carbons (Fsp3) is 0.464. The van der Waals surface area contributed by atoms with E-state index in [2.05, 4.69) is 0 Å². The van der Waals surface area contributed by atoms with Crippen LogP contribution in [0.5, 0.6) is 23.0 Å². The average Bonchev–Trinajstić information content (AvgIpc) is 2.98. The Labute approximate surface area is 229 Å². The molecule has 1 atom stereocenters. The van der Waals surface area contributed by atoms with Gasteiger partial charge in [-0.3, -0.25) is 9.59 Å². The standard InChI is InChI=1S/C28H37N3O8/c1-7-29(8-2)28(34)39-18-19-17-30(26(32)22-11-9-20(35-3)15-24(22)37-5)13-14-31(19)27(33)23-12-10-21(36-4)16-25(23)38-6/h9-12,15-16,19H,7-8,13-14,17-18H2,1-6H3. The van der Waals surface area contributed by atoms with Crippen molar-refractivity contribution < 1.29 is 38.1 Å². The number of hydrogen-bond donors (Lipinski definition) is 0. The first-order chi connectivity index (χ1) is 18.8. The lowest BCUT2D eigenvalue weighted by atomic mass is 10.1. The van der Waals surface area contributed by atoms with Crippen LogP contribution in [0.3, 0.4) is 0 Å². The molecule has 11 heteroatoms. The van der Waals surface area contributed by atoms with Crippen LogP contribution in [0.25, 0.3) is 0 Å². The zero-order valence-electron chi connectivity index (χ0n) is 23.4. The van der Waals surface area contributed by atoms with Crippen LogP contribution in [0.2, 0.25) is 0 Å². The van der Waals surface area contributed by atoms with Crippen LogP contribution < -0.4 is 18.9 Å². The predicted octanol–water partition coefficient (Wildman–Crippen LogP) is 3.17. The molecule has 1 saturated heterocycles. The first kappa shape index (κ1) is 29.4. The largest absolute Gasteiger partial charge is 0.497 e. The summed E-state index contributed by atoms with van der Waals surface area (Å²) in [4.78, 5) is 44.7. The minimum Gasteiger partial charge on any atom is -0.497 e. The Morgan fingerprint density at radius 2 is 1.33 bits per heavy atom. The van der Waals surface area contributed by atoms with Crippen LogP contribution in [0.1, 0.15) is 34.6 Å². The van der Waals surface area contributed by atoms with Gasteiger partial charge in [-0.2, -0.15) is 0 Å².